The van der Waals surface area contributed by atoms with Gasteiger partial charge in [-0.1, -0.05) is 60.7 Å². The van der Waals surface area contributed by atoms with Crippen LogP contribution in [0.4, 0.5) is 0 Å². The van der Waals surface area contributed by atoms with Gasteiger partial charge >= 0.3 is 0 Å². The van der Waals surface area contributed by atoms with Gasteiger partial charge in [-0.25, -0.2) is 0 Å². The molecule has 0 saturated carbocycles. The Morgan fingerprint density at radius 2 is 1.36 bits per heavy atom. The molecule has 3 rings (SSSR count). The monoisotopic (exact) mass is 304 g/mol. The summed E-state index contributed by atoms with van der Waals surface area (Å²) in [5.74, 6) is 0. The van der Waals surface area contributed by atoms with Crippen molar-refractivity contribution in [3.8, 4) is 0 Å². The average Bonchev–Trinajstić information content (AvgIpc) is 2.87. The second kappa shape index (κ2) is 6.93. The van der Waals surface area contributed by atoms with E-state index in [-0.39, 0.29) is 7.92 Å². The lowest BCUT2D eigenvalue weighted by Gasteiger charge is -2.19. The van der Waals surface area contributed by atoms with Gasteiger partial charge in [-0.2, -0.15) is 0 Å². The number of rotatable bonds is 5. The number of allylic oxidation sites excluding steroid dienone is 3. The standard InChI is InChI=1S/C21H21P/c1-17-15-18(2)19(16-17)13-14-22(20-9-5-3-6-10-20)21-11-7-4-8-12-21/h3-12,16H,13-14H2,1-2H3. The van der Waals surface area contributed by atoms with E-state index in [0.717, 1.165) is 6.42 Å². The highest BCUT2D eigenvalue weighted by molar-refractivity contribution is 7.73. The highest BCUT2D eigenvalue weighted by Crippen LogP contribution is 2.36. The van der Waals surface area contributed by atoms with E-state index >= 15 is 0 Å². The summed E-state index contributed by atoms with van der Waals surface area (Å²) >= 11 is 0. The molecule has 0 bridgehead atoms. The van der Waals surface area contributed by atoms with E-state index in [0.29, 0.717) is 0 Å². The minimum Gasteiger partial charge on any atom is -0.114 e. The Morgan fingerprint density at radius 1 is 0.818 bits per heavy atom. The van der Waals surface area contributed by atoms with Crippen LogP contribution in [-0.4, -0.2) is 6.16 Å². The molecule has 0 radical (unpaired) electrons. The minimum absolute atomic E-state index is 0.292. The summed E-state index contributed by atoms with van der Waals surface area (Å²) in [6.45, 7) is 4.31. The van der Waals surface area contributed by atoms with Crippen LogP contribution in [0.5, 0.6) is 0 Å². The van der Waals surface area contributed by atoms with Crippen molar-refractivity contribution >= 4 is 18.5 Å². The molecule has 2 aromatic rings. The maximum atomic E-state index is 3.42. The fraction of sp³-hybridized carbons (Fsp3) is 0.190. The van der Waals surface area contributed by atoms with Gasteiger partial charge in [0.1, 0.15) is 0 Å². The number of hydrogen-bond acceptors (Lipinski definition) is 0. The Bertz CT molecular complexity index is 692. The van der Waals surface area contributed by atoms with Crippen LogP contribution in [0, 0.1) is 0 Å². The zero-order valence-corrected chi connectivity index (χ0v) is 14.1. The first-order valence-corrected chi connectivity index (χ1v) is 9.29. The molecule has 0 fully saturated rings. The Kier molecular flexibility index (Phi) is 4.74. The molecule has 22 heavy (non-hydrogen) atoms. The molecule has 0 heterocycles. The van der Waals surface area contributed by atoms with Gasteiger partial charge in [0, 0.05) is 0 Å². The molecule has 0 spiro atoms. The maximum absolute atomic E-state index is 3.42. The Hall–Kier alpha value is -1.87. The third kappa shape index (κ3) is 3.47. The third-order valence-corrected chi connectivity index (χ3v) is 6.51. The summed E-state index contributed by atoms with van der Waals surface area (Å²) in [7, 11) is -0.292. The van der Waals surface area contributed by atoms with Crippen molar-refractivity contribution < 1.29 is 0 Å². The summed E-state index contributed by atoms with van der Waals surface area (Å²) < 4.78 is 0. The van der Waals surface area contributed by atoms with Gasteiger partial charge in [-0.15, -0.1) is 5.73 Å². The van der Waals surface area contributed by atoms with E-state index in [9.17, 15) is 0 Å². The van der Waals surface area contributed by atoms with Gasteiger partial charge in [-0.3, -0.25) is 0 Å². The average molecular weight is 304 g/mol. The van der Waals surface area contributed by atoms with Crippen LogP contribution >= 0.6 is 7.92 Å². The largest absolute Gasteiger partial charge is 0.114 e. The minimum atomic E-state index is -0.292. The lowest BCUT2D eigenvalue weighted by Crippen LogP contribution is -2.14. The van der Waals surface area contributed by atoms with Gasteiger partial charge in [0.15, 0.2) is 0 Å². The van der Waals surface area contributed by atoms with Crippen molar-refractivity contribution in [3.63, 3.8) is 0 Å². The van der Waals surface area contributed by atoms with Crippen LogP contribution in [0.15, 0.2) is 89.2 Å². The maximum Gasteiger partial charge on any atom is -0.00561 e. The molecule has 0 nitrogen and oxygen atoms in total. The van der Waals surface area contributed by atoms with E-state index in [2.05, 4.69) is 86.3 Å². The SMILES string of the molecule is CC1=C=C(C)C(CCP(c2ccccc2)c2ccccc2)=C1. The van der Waals surface area contributed by atoms with Crippen molar-refractivity contribution in [2.45, 2.75) is 20.3 Å². The third-order valence-electron chi connectivity index (χ3n) is 4.00. The molecule has 2 aromatic carbocycles. The normalized spacial score (nSPS) is 13.9. The summed E-state index contributed by atoms with van der Waals surface area (Å²) in [4.78, 5) is 0. The predicted molar refractivity (Wildman–Crippen MR) is 98.5 cm³/mol. The molecule has 0 unspecified atom stereocenters. The first-order valence-electron chi connectivity index (χ1n) is 7.77. The number of benzene rings is 2. The smallest absolute Gasteiger partial charge is 0.00561 e. The van der Waals surface area contributed by atoms with Crippen LogP contribution in [0.2, 0.25) is 0 Å². The van der Waals surface area contributed by atoms with E-state index < -0.39 is 0 Å². The van der Waals surface area contributed by atoms with Crippen molar-refractivity contribution in [1.29, 1.82) is 0 Å². The van der Waals surface area contributed by atoms with Crippen LogP contribution in [0.3, 0.4) is 0 Å². The van der Waals surface area contributed by atoms with E-state index in [1.54, 1.807) is 0 Å². The topological polar surface area (TPSA) is 0 Å². The first kappa shape index (κ1) is 15.0. The van der Waals surface area contributed by atoms with Gasteiger partial charge in [0.2, 0.25) is 0 Å². The Labute approximate surface area is 134 Å². The van der Waals surface area contributed by atoms with Gasteiger partial charge in [0.05, 0.1) is 0 Å². The molecule has 1 heteroatoms. The summed E-state index contributed by atoms with van der Waals surface area (Å²) in [6.07, 6.45) is 4.62. The van der Waals surface area contributed by atoms with Crippen molar-refractivity contribution in [2.75, 3.05) is 6.16 Å². The molecular formula is C21H21P. The summed E-state index contributed by atoms with van der Waals surface area (Å²) in [5, 5.41) is 2.93. The Balaban J connectivity index is 1.82. The molecule has 0 saturated heterocycles. The number of hydrogen-bond donors (Lipinski definition) is 0. The molecular weight excluding hydrogens is 283 g/mol. The van der Waals surface area contributed by atoms with Gasteiger partial charge in [-0.05, 0) is 67.8 Å². The lowest BCUT2D eigenvalue weighted by molar-refractivity contribution is 1.12. The lowest BCUT2D eigenvalue weighted by atomic mass is 10.1. The highest BCUT2D eigenvalue weighted by Gasteiger charge is 2.15. The van der Waals surface area contributed by atoms with E-state index in [4.69, 9.17) is 0 Å². The van der Waals surface area contributed by atoms with Crippen LogP contribution < -0.4 is 10.6 Å². The van der Waals surface area contributed by atoms with Crippen LogP contribution in [-0.2, 0) is 0 Å². The van der Waals surface area contributed by atoms with Crippen molar-refractivity contribution in [2.24, 2.45) is 0 Å². The molecule has 1 aliphatic rings. The van der Waals surface area contributed by atoms with Crippen LogP contribution in [0.25, 0.3) is 0 Å². The van der Waals surface area contributed by atoms with E-state index in [1.807, 2.05) is 0 Å². The molecule has 0 N–H and O–H groups in total. The van der Waals surface area contributed by atoms with Crippen LogP contribution in [0.1, 0.15) is 20.3 Å². The molecule has 0 aromatic heterocycles. The molecule has 1 aliphatic carbocycles. The molecule has 0 aliphatic heterocycles. The van der Waals surface area contributed by atoms with Gasteiger partial charge < -0.3 is 0 Å². The summed E-state index contributed by atoms with van der Waals surface area (Å²) in [6, 6.07) is 21.9. The fourth-order valence-corrected chi connectivity index (χ4v) is 5.24. The zero-order valence-electron chi connectivity index (χ0n) is 13.2. The fourth-order valence-electron chi connectivity index (χ4n) is 2.90. The first-order chi connectivity index (χ1) is 10.7. The highest BCUT2D eigenvalue weighted by atomic mass is 31.1. The van der Waals surface area contributed by atoms with Crippen molar-refractivity contribution in [3.05, 3.63) is 89.2 Å². The quantitative estimate of drug-likeness (QED) is 0.542. The second-order valence-corrected chi connectivity index (χ2v) is 8.01. The van der Waals surface area contributed by atoms with E-state index in [1.165, 1.54) is 33.5 Å². The molecule has 110 valence electrons. The summed E-state index contributed by atoms with van der Waals surface area (Å²) in [5.41, 5.74) is 7.45. The van der Waals surface area contributed by atoms with Gasteiger partial charge in [0.25, 0.3) is 0 Å². The zero-order chi connectivity index (χ0) is 15.4. The Morgan fingerprint density at radius 3 is 1.82 bits per heavy atom. The predicted octanol–water partition coefficient (Wildman–Crippen LogP) is 4.94. The second-order valence-electron chi connectivity index (χ2n) is 5.68. The molecule has 0 atom stereocenters. The van der Waals surface area contributed by atoms with Crippen molar-refractivity contribution in [1.82, 2.24) is 0 Å². The molecule has 0 amide bonds.